The zero-order chi connectivity index (χ0) is 26.8. The van der Waals surface area contributed by atoms with Crippen molar-refractivity contribution in [1.29, 1.82) is 0 Å². The zero-order valence-electron chi connectivity index (χ0n) is 18.8. The number of carbonyl (C=O) groups excluding carboxylic acids is 2. The highest BCUT2D eigenvalue weighted by molar-refractivity contribution is 7.89. The van der Waals surface area contributed by atoms with Gasteiger partial charge in [0.25, 0.3) is 0 Å². The Bertz CT molecular complexity index is 1380. The molecule has 2 aromatic carbocycles. The number of ketones is 1. The molecule has 2 aromatic rings. The maximum Gasteiger partial charge on any atom is 0.416 e. The molecule has 192 valence electrons. The first-order valence-electron chi connectivity index (χ1n) is 10.6. The third-order valence-corrected chi connectivity index (χ3v) is 6.94. The number of nitrogens with two attached hydrogens (primary N) is 1. The van der Waals surface area contributed by atoms with E-state index in [1.54, 1.807) is 13.0 Å². The molecule has 3 N–H and O–H groups in total. The first-order valence-corrected chi connectivity index (χ1v) is 12.5. The molecule has 1 atom stereocenters. The normalized spacial score (nSPS) is 16.2. The summed E-state index contributed by atoms with van der Waals surface area (Å²) in [4.78, 5) is 25.5. The lowest BCUT2D eigenvalue weighted by Gasteiger charge is -2.19. The van der Waals surface area contributed by atoms with Crippen LogP contribution in [0.25, 0.3) is 0 Å². The maximum absolute atomic E-state index is 13.8. The predicted octanol–water partition coefficient (Wildman–Crippen LogP) is 4.67. The molecular weight excluding hydrogens is 524 g/mol. The lowest BCUT2D eigenvalue weighted by Crippen LogP contribution is -2.31. The van der Waals surface area contributed by atoms with Gasteiger partial charge >= 0.3 is 6.18 Å². The lowest BCUT2D eigenvalue weighted by atomic mass is 9.94. The van der Waals surface area contributed by atoms with Crippen LogP contribution >= 0.6 is 11.6 Å². The van der Waals surface area contributed by atoms with Gasteiger partial charge in [-0.15, -0.1) is 0 Å². The summed E-state index contributed by atoms with van der Waals surface area (Å²) in [7, 11) is -3.77. The second-order valence-corrected chi connectivity index (χ2v) is 10.5. The first-order chi connectivity index (χ1) is 16.6. The van der Waals surface area contributed by atoms with Crippen molar-refractivity contribution in [3.8, 4) is 0 Å². The fourth-order valence-electron chi connectivity index (χ4n) is 3.69. The van der Waals surface area contributed by atoms with Crippen molar-refractivity contribution in [2.24, 2.45) is 5.14 Å². The number of hydrogen-bond donors (Lipinski definition) is 2. The summed E-state index contributed by atoms with van der Waals surface area (Å²) in [6, 6.07) is 5.73. The van der Waals surface area contributed by atoms with Crippen LogP contribution < -0.4 is 10.5 Å². The van der Waals surface area contributed by atoms with Gasteiger partial charge in [0, 0.05) is 28.3 Å². The molecule has 3 rings (SSSR count). The van der Waals surface area contributed by atoms with Crippen molar-refractivity contribution in [2.45, 2.75) is 37.6 Å². The van der Waals surface area contributed by atoms with E-state index < -0.39 is 50.1 Å². The summed E-state index contributed by atoms with van der Waals surface area (Å²) in [5.74, 6) is -2.53. The lowest BCUT2D eigenvalue weighted by molar-refractivity contribution is -0.137. The van der Waals surface area contributed by atoms with Crippen LogP contribution in [0, 0.1) is 5.82 Å². The van der Waals surface area contributed by atoms with E-state index in [9.17, 15) is 35.6 Å². The number of allylic oxidation sites excluding steroid dienone is 2. The van der Waals surface area contributed by atoms with Crippen LogP contribution in [0.2, 0.25) is 5.02 Å². The third kappa shape index (κ3) is 6.80. The number of alkyl halides is 3. The van der Waals surface area contributed by atoms with Gasteiger partial charge in [0.2, 0.25) is 15.9 Å². The second kappa shape index (κ2) is 10.5. The number of hydrogen-bond acceptors (Lipinski definition) is 4. The molecular formula is C24H21ClF4N2O4S. The quantitative estimate of drug-likeness (QED) is 0.390. The van der Waals surface area contributed by atoms with E-state index in [0.29, 0.717) is 35.0 Å². The minimum absolute atomic E-state index is 0.0291. The number of rotatable bonds is 7. The second-order valence-electron chi connectivity index (χ2n) is 8.24. The molecule has 0 fully saturated rings. The van der Waals surface area contributed by atoms with Gasteiger partial charge in [-0.05, 0) is 61.2 Å². The van der Waals surface area contributed by atoms with Crippen LogP contribution in [0.4, 0.5) is 17.6 Å². The number of amides is 1. The van der Waals surface area contributed by atoms with Gasteiger partial charge in [0.05, 0.1) is 10.8 Å². The number of halogens is 5. The van der Waals surface area contributed by atoms with E-state index in [0.717, 1.165) is 0 Å². The Morgan fingerprint density at radius 2 is 1.86 bits per heavy atom. The highest BCUT2D eigenvalue weighted by atomic mass is 35.5. The Kier molecular flexibility index (Phi) is 8.07. The van der Waals surface area contributed by atoms with E-state index >= 15 is 0 Å². The largest absolute Gasteiger partial charge is 0.416 e. The summed E-state index contributed by atoms with van der Waals surface area (Å²) >= 11 is 5.98. The molecule has 0 saturated heterocycles. The zero-order valence-corrected chi connectivity index (χ0v) is 20.4. The van der Waals surface area contributed by atoms with E-state index in [2.05, 4.69) is 5.32 Å². The number of carbonyl (C=O) groups is 2. The monoisotopic (exact) mass is 544 g/mol. The van der Waals surface area contributed by atoms with E-state index in [1.807, 2.05) is 0 Å². The van der Waals surface area contributed by atoms with Crippen molar-refractivity contribution < 1.29 is 35.6 Å². The summed E-state index contributed by atoms with van der Waals surface area (Å²) in [5.41, 5.74) is -0.598. The van der Waals surface area contributed by atoms with Gasteiger partial charge in [0.1, 0.15) is 5.82 Å². The SMILES string of the molecule is CC1=CC(S(N)(=O)=O)CC=C1NC(=O)CCc1ccc(Cl)cc1C(=O)c1cc(F)cc(C(F)(F)F)c1. The van der Waals surface area contributed by atoms with Gasteiger partial charge in [-0.3, -0.25) is 9.59 Å². The van der Waals surface area contributed by atoms with Crippen LogP contribution in [0.15, 0.2) is 59.8 Å². The molecule has 0 bridgehead atoms. The Hall–Kier alpha value is -3.02. The molecule has 0 saturated carbocycles. The molecule has 1 amide bonds. The van der Waals surface area contributed by atoms with Gasteiger partial charge < -0.3 is 5.32 Å². The molecule has 36 heavy (non-hydrogen) atoms. The first kappa shape index (κ1) is 27.6. The molecule has 12 heteroatoms. The van der Waals surface area contributed by atoms with E-state index in [-0.39, 0.29) is 29.8 Å². The number of sulfonamides is 1. The van der Waals surface area contributed by atoms with Crippen molar-refractivity contribution in [3.63, 3.8) is 0 Å². The van der Waals surface area contributed by atoms with E-state index in [4.69, 9.17) is 16.7 Å². The minimum atomic E-state index is -4.85. The van der Waals surface area contributed by atoms with Crippen molar-refractivity contribution in [1.82, 2.24) is 5.32 Å². The minimum Gasteiger partial charge on any atom is -0.326 e. The van der Waals surface area contributed by atoms with Gasteiger partial charge in [-0.2, -0.15) is 13.2 Å². The predicted molar refractivity (Wildman–Crippen MR) is 126 cm³/mol. The van der Waals surface area contributed by atoms with Crippen molar-refractivity contribution >= 4 is 33.3 Å². The molecule has 6 nitrogen and oxygen atoms in total. The molecule has 0 aliphatic heterocycles. The average Bonchev–Trinajstić information content (AvgIpc) is 2.77. The van der Waals surface area contributed by atoms with Crippen molar-refractivity contribution in [3.05, 3.63) is 92.9 Å². The smallest absolute Gasteiger partial charge is 0.326 e. The average molecular weight is 545 g/mol. The Balaban J connectivity index is 1.77. The molecule has 0 radical (unpaired) electrons. The Morgan fingerprint density at radius 1 is 1.17 bits per heavy atom. The molecule has 0 spiro atoms. The molecule has 0 aromatic heterocycles. The molecule has 1 aliphatic carbocycles. The van der Waals surface area contributed by atoms with Crippen LogP contribution in [0.1, 0.15) is 46.8 Å². The van der Waals surface area contributed by atoms with Crippen LogP contribution in [0.3, 0.4) is 0 Å². The highest BCUT2D eigenvalue weighted by Crippen LogP contribution is 2.31. The molecule has 1 aliphatic rings. The highest BCUT2D eigenvalue weighted by Gasteiger charge is 2.32. The Labute approximate surface area is 209 Å². The fourth-order valence-corrected chi connectivity index (χ4v) is 4.62. The summed E-state index contributed by atoms with van der Waals surface area (Å²) in [6.45, 7) is 1.62. The Morgan fingerprint density at radius 3 is 2.47 bits per heavy atom. The number of primary sulfonamides is 1. The van der Waals surface area contributed by atoms with Crippen molar-refractivity contribution in [2.75, 3.05) is 0 Å². The van der Waals surface area contributed by atoms with Crippen LogP contribution in [-0.2, 0) is 27.4 Å². The summed E-state index contributed by atoms with van der Waals surface area (Å²) in [6.07, 6.45) is -1.85. The van der Waals surface area contributed by atoms with Gasteiger partial charge in [-0.25, -0.2) is 17.9 Å². The topological polar surface area (TPSA) is 106 Å². The number of aryl methyl sites for hydroxylation is 1. The van der Waals surface area contributed by atoms with Crippen LogP contribution in [0.5, 0.6) is 0 Å². The fraction of sp³-hybridized carbons (Fsp3) is 0.250. The van der Waals surface area contributed by atoms with Crippen LogP contribution in [-0.4, -0.2) is 25.4 Å². The summed E-state index contributed by atoms with van der Waals surface area (Å²) in [5, 5.41) is 7.07. The third-order valence-electron chi connectivity index (χ3n) is 5.54. The number of nitrogens with one attached hydrogen (secondary N) is 1. The van der Waals surface area contributed by atoms with E-state index in [1.165, 1.54) is 24.3 Å². The number of benzene rings is 2. The maximum atomic E-state index is 13.8. The molecule has 1 unspecified atom stereocenters. The van der Waals surface area contributed by atoms with Gasteiger partial charge in [-0.1, -0.05) is 29.8 Å². The molecule has 0 heterocycles. The van der Waals surface area contributed by atoms with Gasteiger partial charge in [0.15, 0.2) is 5.78 Å². The standard InChI is InChI=1S/C24H21ClF4N2O4S/c1-13-8-19(36(30,34)35)5-6-21(13)31-22(32)7-3-14-2-4-17(25)12-20(14)23(33)15-9-16(24(27,28)29)11-18(26)10-15/h2,4,6,8-12,19H,3,5,7H2,1H3,(H,31,32)(H2,30,34,35). The summed E-state index contributed by atoms with van der Waals surface area (Å²) < 4.78 is 76.1.